The fourth-order valence-electron chi connectivity index (χ4n) is 1.67. The largest absolute Gasteiger partial charge is 0.381 e. The van der Waals surface area contributed by atoms with Gasteiger partial charge >= 0.3 is 0 Å². The first-order valence-electron chi connectivity index (χ1n) is 5.45. The van der Waals surface area contributed by atoms with E-state index in [0.29, 0.717) is 10.7 Å². The zero-order chi connectivity index (χ0) is 12.4. The molecule has 2 aromatic heterocycles. The van der Waals surface area contributed by atoms with Crippen LogP contribution >= 0.6 is 22.9 Å². The molecule has 1 N–H and O–H groups in total. The van der Waals surface area contributed by atoms with Gasteiger partial charge in [-0.25, -0.2) is 4.98 Å². The summed E-state index contributed by atoms with van der Waals surface area (Å²) < 4.78 is 1.75. The second-order valence-electron chi connectivity index (χ2n) is 3.79. The Kier molecular flexibility index (Phi) is 3.81. The summed E-state index contributed by atoms with van der Waals surface area (Å²) in [6, 6.07) is 0. The van der Waals surface area contributed by atoms with Crippen LogP contribution in [-0.2, 0) is 6.54 Å². The summed E-state index contributed by atoms with van der Waals surface area (Å²) in [7, 11) is 0. The van der Waals surface area contributed by atoms with E-state index in [1.165, 1.54) is 11.3 Å². The topological polar surface area (TPSA) is 50.9 Å². The van der Waals surface area contributed by atoms with Crippen molar-refractivity contribution in [3.05, 3.63) is 33.0 Å². The highest BCUT2D eigenvalue weighted by Crippen LogP contribution is 2.31. The van der Waals surface area contributed by atoms with Crippen LogP contribution in [0.1, 0.15) is 35.0 Å². The standard InChI is InChI=1S/C11H14ClN3OS/c1-3-4-15-10(8(12)5-14-15)11(16)9-6-13-7(2)17-9/h5-6,11,16H,3-4H2,1-2H3. The van der Waals surface area contributed by atoms with Gasteiger partial charge in [-0.15, -0.1) is 11.3 Å². The number of thiazole rings is 1. The normalized spacial score (nSPS) is 12.9. The van der Waals surface area contributed by atoms with Crippen molar-refractivity contribution in [2.45, 2.75) is 32.9 Å². The molecule has 0 spiro atoms. The third-order valence-corrected chi connectivity index (χ3v) is 3.69. The maximum atomic E-state index is 10.3. The lowest BCUT2D eigenvalue weighted by Crippen LogP contribution is -2.09. The molecule has 4 nitrogen and oxygen atoms in total. The second kappa shape index (κ2) is 5.16. The van der Waals surface area contributed by atoms with Crippen molar-refractivity contribution in [1.29, 1.82) is 0 Å². The molecule has 1 atom stereocenters. The van der Waals surface area contributed by atoms with Gasteiger partial charge < -0.3 is 5.11 Å². The predicted octanol–water partition coefficient (Wildman–Crippen LogP) is 2.79. The Labute approximate surface area is 109 Å². The van der Waals surface area contributed by atoms with Gasteiger partial charge in [0.25, 0.3) is 0 Å². The lowest BCUT2D eigenvalue weighted by molar-refractivity contribution is 0.211. The third-order valence-electron chi connectivity index (χ3n) is 2.44. The molecule has 0 aliphatic heterocycles. The molecule has 2 heterocycles. The Morgan fingerprint density at radius 1 is 1.53 bits per heavy atom. The minimum atomic E-state index is -0.747. The third kappa shape index (κ3) is 2.51. The molecular weight excluding hydrogens is 258 g/mol. The predicted molar refractivity (Wildman–Crippen MR) is 68.4 cm³/mol. The van der Waals surface area contributed by atoms with E-state index < -0.39 is 6.10 Å². The van der Waals surface area contributed by atoms with E-state index in [1.807, 2.05) is 6.92 Å². The van der Waals surface area contributed by atoms with E-state index in [-0.39, 0.29) is 0 Å². The number of nitrogens with zero attached hydrogens (tertiary/aromatic N) is 3. The molecule has 17 heavy (non-hydrogen) atoms. The van der Waals surface area contributed by atoms with E-state index in [1.54, 1.807) is 17.1 Å². The maximum Gasteiger partial charge on any atom is 0.133 e. The van der Waals surface area contributed by atoms with Gasteiger partial charge in [0, 0.05) is 12.7 Å². The van der Waals surface area contributed by atoms with Crippen LogP contribution in [0.15, 0.2) is 12.4 Å². The molecule has 0 radical (unpaired) electrons. The number of hydrogen-bond donors (Lipinski definition) is 1. The summed E-state index contributed by atoms with van der Waals surface area (Å²) in [6.45, 7) is 4.71. The van der Waals surface area contributed by atoms with Crippen LogP contribution in [0.2, 0.25) is 5.02 Å². The van der Waals surface area contributed by atoms with Crippen molar-refractivity contribution in [3.8, 4) is 0 Å². The van der Waals surface area contributed by atoms with Gasteiger partial charge in [-0.3, -0.25) is 4.68 Å². The number of rotatable bonds is 4. The monoisotopic (exact) mass is 271 g/mol. The Hall–Kier alpha value is -0.910. The van der Waals surface area contributed by atoms with Crippen molar-refractivity contribution in [3.63, 3.8) is 0 Å². The van der Waals surface area contributed by atoms with Crippen molar-refractivity contribution >= 4 is 22.9 Å². The van der Waals surface area contributed by atoms with Gasteiger partial charge in [0.15, 0.2) is 0 Å². The summed E-state index contributed by atoms with van der Waals surface area (Å²) in [5, 5.41) is 15.9. The number of halogens is 1. The first kappa shape index (κ1) is 12.5. The zero-order valence-corrected chi connectivity index (χ0v) is 11.3. The molecule has 0 aliphatic rings. The van der Waals surface area contributed by atoms with E-state index in [0.717, 1.165) is 22.9 Å². The first-order valence-corrected chi connectivity index (χ1v) is 6.64. The first-order chi connectivity index (χ1) is 8.13. The summed E-state index contributed by atoms with van der Waals surface area (Å²) in [6.07, 6.45) is 3.45. The molecule has 6 heteroatoms. The fourth-order valence-corrected chi connectivity index (χ4v) is 2.69. The van der Waals surface area contributed by atoms with E-state index in [4.69, 9.17) is 11.6 Å². The van der Waals surface area contributed by atoms with Gasteiger partial charge in [0.2, 0.25) is 0 Å². The number of aliphatic hydroxyl groups is 1. The maximum absolute atomic E-state index is 10.3. The Morgan fingerprint density at radius 3 is 2.88 bits per heavy atom. The quantitative estimate of drug-likeness (QED) is 0.930. The molecule has 2 aromatic rings. The molecule has 0 saturated carbocycles. The average molecular weight is 272 g/mol. The van der Waals surface area contributed by atoms with Gasteiger partial charge in [-0.1, -0.05) is 18.5 Å². The van der Waals surface area contributed by atoms with E-state index in [9.17, 15) is 5.11 Å². The molecule has 1 unspecified atom stereocenters. The number of aromatic nitrogens is 3. The van der Waals surface area contributed by atoms with E-state index >= 15 is 0 Å². The molecule has 0 saturated heterocycles. The highest BCUT2D eigenvalue weighted by Gasteiger charge is 2.21. The van der Waals surface area contributed by atoms with Crippen LogP contribution in [0.4, 0.5) is 0 Å². The van der Waals surface area contributed by atoms with Crippen molar-refractivity contribution in [2.75, 3.05) is 0 Å². The molecule has 0 aliphatic carbocycles. The van der Waals surface area contributed by atoms with Gasteiger partial charge in [0.1, 0.15) is 6.10 Å². The van der Waals surface area contributed by atoms with Crippen molar-refractivity contribution < 1.29 is 5.11 Å². The van der Waals surface area contributed by atoms with Crippen LogP contribution < -0.4 is 0 Å². The molecule has 0 aromatic carbocycles. The zero-order valence-electron chi connectivity index (χ0n) is 9.72. The van der Waals surface area contributed by atoms with Crippen LogP contribution in [0.25, 0.3) is 0 Å². The summed E-state index contributed by atoms with van der Waals surface area (Å²) in [5.74, 6) is 0. The molecule has 92 valence electrons. The van der Waals surface area contributed by atoms with Crippen molar-refractivity contribution in [1.82, 2.24) is 14.8 Å². The van der Waals surface area contributed by atoms with Crippen LogP contribution in [0.3, 0.4) is 0 Å². The number of aliphatic hydroxyl groups excluding tert-OH is 1. The smallest absolute Gasteiger partial charge is 0.133 e. The minimum absolute atomic E-state index is 0.497. The van der Waals surface area contributed by atoms with E-state index in [2.05, 4.69) is 17.0 Å². The summed E-state index contributed by atoms with van der Waals surface area (Å²) in [5.41, 5.74) is 0.650. The molecule has 0 fully saturated rings. The van der Waals surface area contributed by atoms with Crippen LogP contribution in [0.5, 0.6) is 0 Å². The summed E-state index contributed by atoms with van der Waals surface area (Å²) in [4.78, 5) is 4.93. The summed E-state index contributed by atoms with van der Waals surface area (Å²) >= 11 is 7.54. The highest BCUT2D eigenvalue weighted by atomic mass is 35.5. The number of hydrogen-bond acceptors (Lipinski definition) is 4. The second-order valence-corrected chi connectivity index (χ2v) is 5.46. The Balaban J connectivity index is 2.35. The minimum Gasteiger partial charge on any atom is -0.381 e. The number of aryl methyl sites for hydroxylation is 2. The Morgan fingerprint density at radius 2 is 2.29 bits per heavy atom. The van der Waals surface area contributed by atoms with Crippen LogP contribution in [-0.4, -0.2) is 19.9 Å². The average Bonchev–Trinajstić information content (AvgIpc) is 2.86. The fraction of sp³-hybridized carbons (Fsp3) is 0.455. The molecule has 2 rings (SSSR count). The SMILES string of the molecule is CCCn1ncc(Cl)c1C(O)c1cnc(C)s1. The molecule has 0 amide bonds. The lowest BCUT2D eigenvalue weighted by Gasteiger charge is -2.11. The molecular formula is C11H14ClN3OS. The van der Waals surface area contributed by atoms with Gasteiger partial charge in [-0.05, 0) is 13.3 Å². The Bertz CT molecular complexity index is 509. The van der Waals surface area contributed by atoms with Crippen molar-refractivity contribution in [2.24, 2.45) is 0 Å². The van der Waals surface area contributed by atoms with Gasteiger partial charge in [-0.2, -0.15) is 5.10 Å². The van der Waals surface area contributed by atoms with Crippen LogP contribution in [0, 0.1) is 6.92 Å². The van der Waals surface area contributed by atoms with Gasteiger partial charge in [0.05, 0.1) is 26.8 Å². The highest BCUT2D eigenvalue weighted by molar-refractivity contribution is 7.11. The molecule has 0 bridgehead atoms. The lowest BCUT2D eigenvalue weighted by atomic mass is 10.2.